The Morgan fingerprint density at radius 2 is 0.524 bits per heavy atom. The lowest BCUT2D eigenvalue weighted by Crippen LogP contribution is -2.30. The minimum Gasteiger partial charge on any atom is -0.462 e. The van der Waals surface area contributed by atoms with Gasteiger partial charge in [-0.15, -0.1) is 0 Å². The number of unbranched alkanes of at least 4 members (excludes halogenated alkanes) is 36. The van der Waals surface area contributed by atoms with Gasteiger partial charge in [-0.1, -0.05) is 279 Å². The van der Waals surface area contributed by atoms with Crippen molar-refractivity contribution in [2.24, 2.45) is 11.8 Å². The highest BCUT2D eigenvalue weighted by atomic mass is 16.6. The van der Waals surface area contributed by atoms with Gasteiger partial charge in [0.2, 0.25) is 0 Å². The van der Waals surface area contributed by atoms with E-state index in [0.717, 1.165) is 69.6 Å². The van der Waals surface area contributed by atoms with Gasteiger partial charge in [-0.05, 0) is 31.1 Å². The van der Waals surface area contributed by atoms with Crippen LogP contribution >= 0.6 is 0 Å². The first-order valence-electron chi connectivity index (χ1n) is 28.2. The van der Waals surface area contributed by atoms with Gasteiger partial charge in [-0.2, -0.15) is 0 Å². The van der Waals surface area contributed by atoms with E-state index in [1.165, 1.54) is 205 Å². The molecule has 0 bridgehead atoms. The maximum atomic E-state index is 12.8. The second-order valence-electron chi connectivity index (χ2n) is 20.5. The molecule has 0 aliphatic heterocycles. The van der Waals surface area contributed by atoms with Crippen molar-refractivity contribution in [1.29, 1.82) is 0 Å². The summed E-state index contributed by atoms with van der Waals surface area (Å²) in [4.78, 5) is 38.1. The molecule has 0 fully saturated rings. The van der Waals surface area contributed by atoms with E-state index in [4.69, 9.17) is 14.2 Å². The topological polar surface area (TPSA) is 78.9 Å². The summed E-state index contributed by atoms with van der Waals surface area (Å²) < 4.78 is 16.9. The summed E-state index contributed by atoms with van der Waals surface area (Å²) in [6.07, 6.45) is 52.3. The number of esters is 3. The zero-order chi connectivity index (χ0) is 46.1. The molecule has 0 saturated heterocycles. The van der Waals surface area contributed by atoms with E-state index in [1.54, 1.807) is 0 Å². The standard InChI is InChI=1S/C57H110O6/c1-6-7-8-9-10-11-12-13-14-15-16-17-21-27-32-37-42-47-55(58)61-50-54(51-62-56(59)48-43-38-33-28-24-23-26-31-36-41-46-53(4)5)63-57(60)49-44-39-34-29-22-19-18-20-25-30-35-40-45-52(2)3/h52-54H,6-51H2,1-5H3/t54-/m0/s1. The van der Waals surface area contributed by atoms with Gasteiger partial charge in [0.1, 0.15) is 13.2 Å². The van der Waals surface area contributed by atoms with E-state index in [1.807, 2.05) is 0 Å². The highest BCUT2D eigenvalue weighted by Crippen LogP contribution is 2.18. The highest BCUT2D eigenvalue weighted by molar-refractivity contribution is 5.71. The number of carbonyl (C=O) groups is 3. The van der Waals surface area contributed by atoms with Crippen LogP contribution in [0.25, 0.3) is 0 Å². The molecule has 0 aliphatic rings. The Hall–Kier alpha value is -1.59. The van der Waals surface area contributed by atoms with E-state index < -0.39 is 6.10 Å². The Labute approximate surface area is 393 Å². The van der Waals surface area contributed by atoms with Crippen molar-refractivity contribution in [3.8, 4) is 0 Å². The fraction of sp³-hybridized carbons (Fsp3) is 0.947. The van der Waals surface area contributed by atoms with Crippen molar-refractivity contribution < 1.29 is 28.6 Å². The van der Waals surface area contributed by atoms with E-state index in [9.17, 15) is 14.4 Å². The van der Waals surface area contributed by atoms with E-state index in [2.05, 4.69) is 34.6 Å². The molecule has 1 atom stereocenters. The summed E-state index contributed by atoms with van der Waals surface area (Å²) in [5.41, 5.74) is 0. The largest absolute Gasteiger partial charge is 0.462 e. The van der Waals surface area contributed by atoms with Crippen LogP contribution in [0.1, 0.15) is 317 Å². The van der Waals surface area contributed by atoms with Crippen LogP contribution in [0.2, 0.25) is 0 Å². The van der Waals surface area contributed by atoms with Crippen molar-refractivity contribution in [2.75, 3.05) is 13.2 Å². The highest BCUT2D eigenvalue weighted by Gasteiger charge is 2.19. The Balaban J connectivity index is 4.30. The third-order valence-electron chi connectivity index (χ3n) is 13.0. The second kappa shape index (κ2) is 49.8. The Morgan fingerprint density at radius 1 is 0.302 bits per heavy atom. The van der Waals surface area contributed by atoms with Gasteiger partial charge in [0, 0.05) is 19.3 Å². The quantitative estimate of drug-likeness (QED) is 0.0344. The van der Waals surface area contributed by atoms with Crippen LogP contribution in [0.4, 0.5) is 0 Å². The van der Waals surface area contributed by atoms with E-state index in [0.29, 0.717) is 19.3 Å². The molecule has 0 rings (SSSR count). The fourth-order valence-corrected chi connectivity index (χ4v) is 8.70. The zero-order valence-electron chi connectivity index (χ0n) is 43.2. The third-order valence-corrected chi connectivity index (χ3v) is 13.0. The van der Waals surface area contributed by atoms with Crippen molar-refractivity contribution >= 4 is 17.9 Å². The predicted octanol–water partition coefficient (Wildman–Crippen LogP) is 18.5. The smallest absolute Gasteiger partial charge is 0.306 e. The molecule has 63 heavy (non-hydrogen) atoms. The Morgan fingerprint density at radius 3 is 0.778 bits per heavy atom. The summed E-state index contributed by atoms with van der Waals surface area (Å²) in [7, 11) is 0. The monoisotopic (exact) mass is 891 g/mol. The van der Waals surface area contributed by atoms with Crippen LogP contribution < -0.4 is 0 Å². The molecule has 0 heterocycles. The van der Waals surface area contributed by atoms with Gasteiger partial charge in [0.15, 0.2) is 6.10 Å². The number of ether oxygens (including phenoxy) is 3. The minimum absolute atomic E-state index is 0.0630. The predicted molar refractivity (Wildman–Crippen MR) is 270 cm³/mol. The number of carbonyl (C=O) groups excluding carboxylic acids is 3. The minimum atomic E-state index is -0.762. The molecule has 0 aromatic carbocycles. The first-order valence-corrected chi connectivity index (χ1v) is 28.2. The van der Waals surface area contributed by atoms with Crippen molar-refractivity contribution in [2.45, 2.75) is 323 Å². The molecule has 0 aliphatic carbocycles. The maximum absolute atomic E-state index is 12.8. The van der Waals surface area contributed by atoms with Gasteiger partial charge in [0.05, 0.1) is 0 Å². The van der Waals surface area contributed by atoms with Gasteiger partial charge in [0.25, 0.3) is 0 Å². The number of hydrogen-bond donors (Lipinski definition) is 0. The molecule has 6 heteroatoms. The summed E-state index contributed by atoms with van der Waals surface area (Å²) in [5.74, 6) is 0.808. The van der Waals surface area contributed by atoms with E-state index >= 15 is 0 Å². The summed E-state index contributed by atoms with van der Waals surface area (Å²) in [6, 6.07) is 0. The van der Waals surface area contributed by atoms with Crippen LogP contribution in [0.3, 0.4) is 0 Å². The average Bonchev–Trinajstić information content (AvgIpc) is 3.25. The molecule has 6 nitrogen and oxygen atoms in total. The molecule has 0 aromatic heterocycles. The molecule has 0 saturated carbocycles. The number of hydrogen-bond acceptors (Lipinski definition) is 6. The van der Waals surface area contributed by atoms with Crippen LogP contribution in [-0.2, 0) is 28.6 Å². The fourth-order valence-electron chi connectivity index (χ4n) is 8.70. The summed E-state index contributed by atoms with van der Waals surface area (Å²) >= 11 is 0. The molecule has 374 valence electrons. The Bertz CT molecular complexity index is 962. The lowest BCUT2D eigenvalue weighted by Gasteiger charge is -2.18. The molecular formula is C57H110O6. The van der Waals surface area contributed by atoms with Crippen LogP contribution in [-0.4, -0.2) is 37.2 Å². The molecule has 0 unspecified atom stereocenters. The molecule has 0 N–H and O–H groups in total. The third kappa shape index (κ3) is 51.3. The molecule has 0 radical (unpaired) electrons. The SMILES string of the molecule is CCCCCCCCCCCCCCCCCCCC(=O)OC[C@@H](COC(=O)CCCCCCCCCCCCC(C)C)OC(=O)CCCCCCCCCCCCCCC(C)C. The second-order valence-corrected chi connectivity index (χ2v) is 20.5. The molecule has 0 aromatic rings. The van der Waals surface area contributed by atoms with Gasteiger partial charge >= 0.3 is 17.9 Å². The molecular weight excluding hydrogens is 781 g/mol. The van der Waals surface area contributed by atoms with Crippen molar-refractivity contribution in [1.82, 2.24) is 0 Å². The van der Waals surface area contributed by atoms with Crippen molar-refractivity contribution in [3.05, 3.63) is 0 Å². The first-order chi connectivity index (χ1) is 30.7. The normalized spacial score (nSPS) is 12.0. The van der Waals surface area contributed by atoms with Crippen LogP contribution in [0, 0.1) is 11.8 Å². The molecule has 0 amide bonds. The van der Waals surface area contributed by atoms with Crippen LogP contribution in [0.15, 0.2) is 0 Å². The number of rotatable bonds is 51. The lowest BCUT2D eigenvalue weighted by molar-refractivity contribution is -0.167. The molecule has 0 spiro atoms. The zero-order valence-corrected chi connectivity index (χ0v) is 43.2. The van der Waals surface area contributed by atoms with Gasteiger partial charge in [-0.25, -0.2) is 0 Å². The Kier molecular flexibility index (Phi) is 48.6. The van der Waals surface area contributed by atoms with Crippen molar-refractivity contribution in [3.63, 3.8) is 0 Å². The van der Waals surface area contributed by atoms with Crippen LogP contribution in [0.5, 0.6) is 0 Å². The summed E-state index contributed by atoms with van der Waals surface area (Å²) in [6.45, 7) is 11.4. The van der Waals surface area contributed by atoms with Gasteiger partial charge < -0.3 is 14.2 Å². The first kappa shape index (κ1) is 61.4. The lowest BCUT2D eigenvalue weighted by atomic mass is 10.0. The van der Waals surface area contributed by atoms with E-state index in [-0.39, 0.29) is 31.1 Å². The van der Waals surface area contributed by atoms with Gasteiger partial charge in [-0.3, -0.25) is 14.4 Å². The summed E-state index contributed by atoms with van der Waals surface area (Å²) in [5, 5.41) is 0. The maximum Gasteiger partial charge on any atom is 0.306 e. The average molecular weight is 892 g/mol.